The highest BCUT2D eigenvalue weighted by Gasteiger charge is 2.34. The minimum absolute atomic E-state index is 0.0724. The van der Waals surface area contributed by atoms with Crippen LogP contribution in [0.1, 0.15) is 11.3 Å². The van der Waals surface area contributed by atoms with Gasteiger partial charge in [-0.3, -0.25) is 9.36 Å². The predicted octanol–water partition coefficient (Wildman–Crippen LogP) is 3.02. The fraction of sp³-hybridized carbons (Fsp3) is 0.286. The van der Waals surface area contributed by atoms with Crippen LogP contribution in [0.4, 0.5) is 19.1 Å². The highest BCUT2D eigenvalue weighted by Crippen LogP contribution is 2.29. The van der Waals surface area contributed by atoms with Gasteiger partial charge < -0.3 is 10.4 Å². The molecule has 0 radical (unpaired) electrons. The number of halogens is 5. The third-order valence-electron chi connectivity index (χ3n) is 3.05. The molecule has 2 rings (SSSR count). The lowest BCUT2D eigenvalue weighted by atomic mass is 10.2. The van der Waals surface area contributed by atoms with Gasteiger partial charge in [0.1, 0.15) is 0 Å². The fourth-order valence-electron chi connectivity index (χ4n) is 1.95. The largest absolute Gasteiger partial charge is 0.433 e. The van der Waals surface area contributed by atoms with Gasteiger partial charge in [0, 0.05) is 12.6 Å². The van der Waals surface area contributed by atoms with E-state index < -0.39 is 17.4 Å². The summed E-state index contributed by atoms with van der Waals surface area (Å²) < 4.78 is 39.4. The number of rotatable bonds is 5. The highest BCUT2D eigenvalue weighted by atomic mass is 35.5. The zero-order chi connectivity index (χ0) is 17.9. The van der Waals surface area contributed by atoms with Gasteiger partial charge in [0.05, 0.1) is 23.2 Å². The number of anilines is 1. The normalized spacial score (nSPS) is 11.6. The van der Waals surface area contributed by atoms with Gasteiger partial charge in [0.15, 0.2) is 5.69 Å². The van der Waals surface area contributed by atoms with Crippen molar-refractivity contribution in [3.8, 4) is 0 Å². The Morgan fingerprint density at radius 3 is 2.62 bits per heavy atom. The molecule has 130 valence electrons. The van der Waals surface area contributed by atoms with Gasteiger partial charge in [-0.1, -0.05) is 35.3 Å². The zero-order valence-corrected chi connectivity index (χ0v) is 13.6. The van der Waals surface area contributed by atoms with E-state index in [1.807, 2.05) is 0 Å². The Balaban J connectivity index is 2.51. The number of hydrogen-bond acceptors (Lipinski definition) is 4. The number of nitrogens with zero attached hydrogens (tertiary/aromatic N) is 2. The van der Waals surface area contributed by atoms with Crippen LogP contribution in [0.15, 0.2) is 29.1 Å². The quantitative estimate of drug-likeness (QED) is 0.835. The van der Waals surface area contributed by atoms with Crippen LogP contribution in [-0.2, 0) is 12.7 Å². The first-order chi connectivity index (χ1) is 11.2. The second-order valence-electron chi connectivity index (χ2n) is 4.75. The monoisotopic (exact) mass is 381 g/mol. The number of alkyl halides is 3. The van der Waals surface area contributed by atoms with E-state index in [4.69, 9.17) is 28.3 Å². The lowest BCUT2D eigenvalue weighted by Crippen LogP contribution is -2.28. The van der Waals surface area contributed by atoms with Gasteiger partial charge in [0.2, 0.25) is 5.95 Å². The maximum Gasteiger partial charge on any atom is 0.433 e. The standard InChI is InChI=1S/C14H12Cl2F3N3O2/c15-9-3-1-2-8(12(9)16)7-22-11(24)6-10(14(17,18)19)21-13(22)20-4-5-23/h1-3,6,23H,4-5,7H2,(H,20,21). The van der Waals surface area contributed by atoms with E-state index in [0.717, 1.165) is 4.57 Å². The van der Waals surface area contributed by atoms with Crippen molar-refractivity contribution in [1.29, 1.82) is 0 Å². The summed E-state index contributed by atoms with van der Waals surface area (Å²) in [5, 5.41) is 11.8. The second kappa shape index (κ2) is 7.42. The summed E-state index contributed by atoms with van der Waals surface area (Å²) in [4.78, 5) is 15.5. The molecule has 0 amide bonds. The molecule has 0 bridgehead atoms. The summed E-state index contributed by atoms with van der Waals surface area (Å²) in [6.07, 6.45) is -4.76. The van der Waals surface area contributed by atoms with Crippen LogP contribution in [0.2, 0.25) is 10.0 Å². The number of aromatic nitrogens is 2. The van der Waals surface area contributed by atoms with Gasteiger partial charge in [-0.05, 0) is 11.6 Å². The summed E-state index contributed by atoms with van der Waals surface area (Å²) in [6, 6.07) is 5.15. The molecule has 0 spiro atoms. The van der Waals surface area contributed by atoms with Crippen LogP contribution in [0.25, 0.3) is 0 Å². The fourth-order valence-corrected chi connectivity index (χ4v) is 2.33. The Bertz CT molecular complexity index is 794. The van der Waals surface area contributed by atoms with E-state index in [1.165, 1.54) is 0 Å². The first-order valence-electron chi connectivity index (χ1n) is 6.70. The average molecular weight is 382 g/mol. The van der Waals surface area contributed by atoms with Crippen LogP contribution >= 0.6 is 23.2 Å². The van der Waals surface area contributed by atoms with Gasteiger partial charge in [-0.2, -0.15) is 13.2 Å². The molecule has 0 aliphatic carbocycles. The summed E-state index contributed by atoms with van der Waals surface area (Å²) in [5.41, 5.74) is -1.78. The van der Waals surface area contributed by atoms with Crippen molar-refractivity contribution in [2.75, 3.05) is 18.5 Å². The van der Waals surface area contributed by atoms with E-state index in [-0.39, 0.29) is 35.7 Å². The maximum atomic E-state index is 12.8. The molecule has 5 nitrogen and oxygen atoms in total. The smallest absolute Gasteiger partial charge is 0.395 e. The first-order valence-corrected chi connectivity index (χ1v) is 7.46. The van der Waals surface area contributed by atoms with E-state index in [9.17, 15) is 18.0 Å². The van der Waals surface area contributed by atoms with Crippen molar-refractivity contribution >= 4 is 29.2 Å². The molecule has 2 N–H and O–H groups in total. The molecule has 24 heavy (non-hydrogen) atoms. The van der Waals surface area contributed by atoms with Crippen molar-refractivity contribution < 1.29 is 18.3 Å². The second-order valence-corrected chi connectivity index (χ2v) is 5.54. The minimum Gasteiger partial charge on any atom is -0.395 e. The Labute approximate surface area is 144 Å². The van der Waals surface area contributed by atoms with Crippen molar-refractivity contribution in [3.63, 3.8) is 0 Å². The number of benzene rings is 1. The van der Waals surface area contributed by atoms with Crippen LogP contribution in [0, 0.1) is 0 Å². The lowest BCUT2D eigenvalue weighted by Gasteiger charge is -2.16. The molecule has 2 aromatic rings. The number of aliphatic hydroxyl groups excluding tert-OH is 1. The van der Waals surface area contributed by atoms with E-state index in [2.05, 4.69) is 10.3 Å². The molecule has 0 atom stereocenters. The van der Waals surface area contributed by atoms with Crippen molar-refractivity contribution in [2.45, 2.75) is 12.7 Å². The molecule has 1 aromatic carbocycles. The van der Waals surface area contributed by atoms with Gasteiger partial charge >= 0.3 is 6.18 Å². The molecule has 0 unspecified atom stereocenters. The molecule has 0 aliphatic rings. The number of aliphatic hydroxyl groups is 1. The van der Waals surface area contributed by atoms with E-state index >= 15 is 0 Å². The molecule has 0 fully saturated rings. The third-order valence-corrected chi connectivity index (χ3v) is 3.91. The maximum absolute atomic E-state index is 12.8. The third kappa shape index (κ3) is 4.19. The summed E-state index contributed by atoms with van der Waals surface area (Å²) >= 11 is 11.9. The van der Waals surface area contributed by atoms with Crippen LogP contribution < -0.4 is 10.9 Å². The molecule has 1 heterocycles. The Morgan fingerprint density at radius 1 is 1.29 bits per heavy atom. The Morgan fingerprint density at radius 2 is 2.00 bits per heavy atom. The number of nitrogens with one attached hydrogen (secondary N) is 1. The summed E-state index contributed by atoms with van der Waals surface area (Å²) in [7, 11) is 0. The van der Waals surface area contributed by atoms with Crippen LogP contribution in [0.3, 0.4) is 0 Å². The molecular weight excluding hydrogens is 370 g/mol. The Kier molecular flexibility index (Phi) is 5.74. The van der Waals surface area contributed by atoms with Gasteiger partial charge in [0.25, 0.3) is 5.56 Å². The first kappa shape index (κ1) is 18.6. The zero-order valence-electron chi connectivity index (χ0n) is 12.1. The topological polar surface area (TPSA) is 67.2 Å². The summed E-state index contributed by atoms with van der Waals surface area (Å²) in [5.74, 6) is -0.320. The molecule has 10 heteroatoms. The number of hydrogen-bond donors (Lipinski definition) is 2. The van der Waals surface area contributed by atoms with E-state index in [1.54, 1.807) is 18.2 Å². The highest BCUT2D eigenvalue weighted by molar-refractivity contribution is 6.42. The molecule has 0 aliphatic heterocycles. The van der Waals surface area contributed by atoms with Crippen molar-refractivity contribution in [1.82, 2.24) is 9.55 Å². The van der Waals surface area contributed by atoms with Crippen molar-refractivity contribution in [3.05, 3.63) is 55.9 Å². The minimum atomic E-state index is -4.76. The molecule has 1 aromatic heterocycles. The van der Waals surface area contributed by atoms with Crippen LogP contribution in [-0.4, -0.2) is 27.8 Å². The molecular formula is C14H12Cl2F3N3O2. The summed E-state index contributed by atoms with van der Waals surface area (Å²) in [6.45, 7) is -0.543. The lowest BCUT2D eigenvalue weighted by molar-refractivity contribution is -0.141. The van der Waals surface area contributed by atoms with Gasteiger partial charge in [-0.25, -0.2) is 4.98 Å². The van der Waals surface area contributed by atoms with Gasteiger partial charge in [-0.15, -0.1) is 0 Å². The van der Waals surface area contributed by atoms with Crippen molar-refractivity contribution in [2.24, 2.45) is 0 Å². The Hall–Kier alpha value is -1.77. The van der Waals surface area contributed by atoms with E-state index in [0.29, 0.717) is 11.6 Å². The van der Waals surface area contributed by atoms with Crippen LogP contribution in [0.5, 0.6) is 0 Å². The molecule has 0 saturated heterocycles. The SMILES string of the molecule is O=c1cc(C(F)(F)F)nc(NCCO)n1Cc1cccc(Cl)c1Cl. The predicted molar refractivity (Wildman–Crippen MR) is 84.6 cm³/mol. The molecule has 0 saturated carbocycles. The average Bonchev–Trinajstić information content (AvgIpc) is 2.50.